The molecule has 118 valence electrons. The number of nitrogens with one attached hydrogen (secondary N) is 2. The minimum absolute atomic E-state index is 0.00699. The second-order valence-corrected chi connectivity index (χ2v) is 5.76. The summed E-state index contributed by atoms with van der Waals surface area (Å²) < 4.78 is 0. The molecule has 6 nitrogen and oxygen atoms in total. The fraction of sp³-hybridized carbons (Fsp3) is 0.438. The lowest BCUT2D eigenvalue weighted by atomic mass is 9.90. The monoisotopic (exact) mass is 302 g/mol. The number of nitriles is 1. The number of nitrogens with two attached hydrogens (primary N) is 1. The van der Waals surface area contributed by atoms with Gasteiger partial charge in [0.05, 0.1) is 12.6 Å². The van der Waals surface area contributed by atoms with E-state index in [1.165, 1.54) is 0 Å². The van der Waals surface area contributed by atoms with Crippen molar-refractivity contribution in [3.05, 3.63) is 29.3 Å². The van der Waals surface area contributed by atoms with Crippen molar-refractivity contribution in [1.29, 1.82) is 5.26 Å². The van der Waals surface area contributed by atoms with Crippen LogP contribution in [-0.4, -0.2) is 23.9 Å². The molecular formula is C16H22N4O2. The molecule has 0 aliphatic heterocycles. The first-order valence-electron chi connectivity index (χ1n) is 7.06. The number of hydrogen-bond donors (Lipinski definition) is 3. The first-order chi connectivity index (χ1) is 10.2. The number of benzene rings is 1. The van der Waals surface area contributed by atoms with E-state index in [0.717, 1.165) is 5.56 Å². The molecule has 1 atom stereocenters. The van der Waals surface area contributed by atoms with Crippen molar-refractivity contribution in [2.75, 3.05) is 11.9 Å². The number of nitrogens with zero attached hydrogens (tertiary/aromatic N) is 1. The van der Waals surface area contributed by atoms with Crippen molar-refractivity contribution >= 4 is 17.5 Å². The molecule has 0 bridgehead atoms. The van der Waals surface area contributed by atoms with Gasteiger partial charge in [0.2, 0.25) is 11.8 Å². The lowest BCUT2D eigenvalue weighted by Gasteiger charge is -2.27. The van der Waals surface area contributed by atoms with E-state index >= 15 is 0 Å². The van der Waals surface area contributed by atoms with Crippen LogP contribution in [0.1, 0.15) is 36.7 Å². The molecule has 0 spiro atoms. The van der Waals surface area contributed by atoms with Crippen LogP contribution in [0.15, 0.2) is 18.2 Å². The van der Waals surface area contributed by atoms with Gasteiger partial charge in [-0.25, -0.2) is 0 Å². The highest BCUT2D eigenvalue weighted by Gasteiger charge is 2.29. The van der Waals surface area contributed by atoms with Crippen LogP contribution in [0.2, 0.25) is 0 Å². The quantitative estimate of drug-likeness (QED) is 0.741. The lowest BCUT2D eigenvalue weighted by Crippen LogP contribution is -2.50. The van der Waals surface area contributed by atoms with Gasteiger partial charge in [0.15, 0.2) is 0 Å². The van der Waals surface area contributed by atoms with E-state index < -0.39 is 11.4 Å². The van der Waals surface area contributed by atoms with Crippen molar-refractivity contribution in [3.8, 4) is 6.07 Å². The Kier molecular flexibility index (Phi) is 5.52. The van der Waals surface area contributed by atoms with Crippen LogP contribution in [0.4, 0.5) is 5.69 Å². The maximum absolute atomic E-state index is 12.0. The Balaban J connectivity index is 2.75. The van der Waals surface area contributed by atoms with Crippen LogP contribution < -0.4 is 16.4 Å². The third-order valence-corrected chi connectivity index (χ3v) is 3.75. The summed E-state index contributed by atoms with van der Waals surface area (Å²) in [5.74, 6) is -0.827. The maximum Gasteiger partial charge on any atom is 0.248 e. The third kappa shape index (κ3) is 4.22. The Morgan fingerprint density at radius 3 is 2.55 bits per heavy atom. The molecular weight excluding hydrogens is 280 g/mol. The second-order valence-electron chi connectivity index (χ2n) is 5.76. The topological polar surface area (TPSA) is 108 Å². The van der Waals surface area contributed by atoms with Gasteiger partial charge in [0.1, 0.15) is 5.54 Å². The zero-order valence-corrected chi connectivity index (χ0v) is 13.4. The van der Waals surface area contributed by atoms with Crippen molar-refractivity contribution in [2.45, 2.75) is 33.2 Å². The Morgan fingerprint density at radius 1 is 1.41 bits per heavy atom. The number of anilines is 1. The number of carbonyl (C=O) groups is 2. The average molecular weight is 302 g/mol. The van der Waals surface area contributed by atoms with Crippen molar-refractivity contribution in [2.24, 2.45) is 11.7 Å². The Labute approximate surface area is 130 Å². The predicted octanol–water partition coefficient (Wildman–Crippen LogP) is 1.56. The summed E-state index contributed by atoms with van der Waals surface area (Å²) >= 11 is 0. The highest BCUT2D eigenvalue weighted by molar-refractivity contribution is 5.94. The normalized spacial score (nSPS) is 13.1. The number of primary amides is 1. The summed E-state index contributed by atoms with van der Waals surface area (Å²) in [6.07, 6.45) is 0. The van der Waals surface area contributed by atoms with E-state index in [0.29, 0.717) is 11.3 Å². The van der Waals surface area contributed by atoms with Crippen LogP contribution in [0.3, 0.4) is 0 Å². The van der Waals surface area contributed by atoms with Crippen LogP contribution in [0.25, 0.3) is 0 Å². The molecule has 22 heavy (non-hydrogen) atoms. The predicted molar refractivity (Wildman–Crippen MR) is 85.2 cm³/mol. The number of rotatable bonds is 6. The minimum Gasteiger partial charge on any atom is -0.376 e. The largest absolute Gasteiger partial charge is 0.376 e. The van der Waals surface area contributed by atoms with Gasteiger partial charge in [-0.2, -0.15) is 5.26 Å². The lowest BCUT2D eigenvalue weighted by molar-refractivity contribution is -0.121. The van der Waals surface area contributed by atoms with Crippen LogP contribution in [0.5, 0.6) is 0 Å². The zero-order chi connectivity index (χ0) is 16.9. The van der Waals surface area contributed by atoms with Crippen molar-refractivity contribution < 1.29 is 9.59 Å². The number of carbonyl (C=O) groups excluding carboxylic acids is 2. The Morgan fingerprint density at radius 2 is 2.05 bits per heavy atom. The van der Waals surface area contributed by atoms with Gasteiger partial charge in [0, 0.05) is 11.3 Å². The molecule has 1 aromatic rings. The smallest absolute Gasteiger partial charge is 0.248 e. The summed E-state index contributed by atoms with van der Waals surface area (Å²) in [5.41, 5.74) is 6.26. The van der Waals surface area contributed by atoms with Crippen LogP contribution in [0, 0.1) is 24.2 Å². The fourth-order valence-electron chi connectivity index (χ4n) is 1.78. The van der Waals surface area contributed by atoms with E-state index in [4.69, 9.17) is 5.73 Å². The van der Waals surface area contributed by atoms with E-state index in [2.05, 4.69) is 16.7 Å². The van der Waals surface area contributed by atoms with Crippen LogP contribution in [-0.2, 0) is 4.79 Å². The van der Waals surface area contributed by atoms with E-state index in [1.54, 1.807) is 25.1 Å². The molecule has 6 heteroatoms. The molecule has 4 N–H and O–H groups in total. The molecule has 2 amide bonds. The molecule has 1 rings (SSSR count). The Bertz CT molecular complexity index is 619. The summed E-state index contributed by atoms with van der Waals surface area (Å²) in [5, 5.41) is 14.9. The highest BCUT2D eigenvalue weighted by Crippen LogP contribution is 2.17. The SMILES string of the molecule is Cc1ccc(C(N)=O)cc1NCC(=O)N[C@](C)(C#N)C(C)C. The molecule has 0 saturated heterocycles. The van der Waals surface area contributed by atoms with E-state index in [9.17, 15) is 14.9 Å². The average Bonchev–Trinajstić information content (AvgIpc) is 2.45. The number of aryl methyl sites for hydroxylation is 1. The molecule has 0 heterocycles. The molecule has 0 unspecified atom stereocenters. The van der Waals surface area contributed by atoms with Gasteiger partial charge in [-0.15, -0.1) is 0 Å². The minimum atomic E-state index is -0.914. The van der Waals surface area contributed by atoms with Gasteiger partial charge >= 0.3 is 0 Å². The summed E-state index contributed by atoms with van der Waals surface area (Å²) in [6.45, 7) is 7.30. The van der Waals surface area contributed by atoms with E-state index in [-0.39, 0.29) is 18.4 Å². The molecule has 0 aromatic heterocycles. The summed E-state index contributed by atoms with van der Waals surface area (Å²) in [7, 11) is 0. The number of amides is 2. The van der Waals surface area contributed by atoms with Gasteiger partial charge in [-0.1, -0.05) is 19.9 Å². The van der Waals surface area contributed by atoms with Gasteiger partial charge in [-0.05, 0) is 37.5 Å². The van der Waals surface area contributed by atoms with E-state index in [1.807, 2.05) is 20.8 Å². The molecule has 0 fully saturated rings. The standard InChI is InChI=1S/C16H22N4O2/c1-10(2)16(4,9-17)20-14(21)8-19-13-7-12(15(18)22)6-5-11(13)3/h5-7,10,19H,8H2,1-4H3,(H2,18,22)(H,20,21)/t16-/m1/s1. The highest BCUT2D eigenvalue weighted by atomic mass is 16.2. The Hall–Kier alpha value is -2.55. The van der Waals surface area contributed by atoms with Gasteiger partial charge in [0.25, 0.3) is 0 Å². The molecule has 0 saturated carbocycles. The fourth-order valence-corrected chi connectivity index (χ4v) is 1.78. The number of hydrogen-bond acceptors (Lipinski definition) is 4. The molecule has 1 aromatic carbocycles. The van der Waals surface area contributed by atoms with Gasteiger partial charge < -0.3 is 16.4 Å². The molecule has 0 aliphatic carbocycles. The summed E-state index contributed by atoms with van der Waals surface area (Å²) in [4.78, 5) is 23.2. The van der Waals surface area contributed by atoms with Crippen molar-refractivity contribution in [1.82, 2.24) is 5.32 Å². The maximum atomic E-state index is 12.0. The second kappa shape index (κ2) is 6.94. The van der Waals surface area contributed by atoms with Gasteiger partial charge in [-0.3, -0.25) is 9.59 Å². The summed E-state index contributed by atoms with van der Waals surface area (Å²) in [6, 6.07) is 7.12. The third-order valence-electron chi connectivity index (χ3n) is 3.75. The van der Waals surface area contributed by atoms with Crippen LogP contribution >= 0.6 is 0 Å². The molecule has 0 aliphatic rings. The van der Waals surface area contributed by atoms with Crippen molar-refractivity contribution in [3.63, 3.8) is 0 Å². The molecule has 0 radical (unpaired) electrons. The first kappa shape index (κ1) is 17.5. The zero-order valence-electron chi connectivity index (χ0n) is 13.4. The first-order valence-corrected chi connectivity index (χ1v) is 7.06.